The van der Waals surface area contributed by atoms with Crippen LogP contribution in [-0.2, 0) is 4.74 Å². The molecular weight excluding hydrogens is 438 g/mol. The smallest absolute Gasteiger partial charge is 0.337 e. The second-order valence-electron chi connectivity index (χ2n) is 6.95. The fourth-order valence-electron chi connectivity index (χ4n) is 3.18. The van der Waals surface area contributed by atoms with Crippen LogP contribution in [0.15, 0.2) is 78.9 Å². The number of amides is 2. The van der Waals surface area contributed by atoms with Crippen LogP contribution in [0.25, 0.3) is 0 Å². The van der Waals surface area contributed by atoms with E-state index in [4.69, 9.17) is 12.2 Å². The van der Waals surface area contributed by atoms with Crippen LogP contribution in [0.1, 0.15) is 38.0 Å². The molecule has 0 fully saturated rings. The number of carbonyl (C=O) groups is 3. The van der Waals surface area contributed by atoms with Gasteiger partial charge in [0.15, 0.2) is 5.11 Å². The van der Waals surface area contributed by atoms with Crippen molar-refractivity contribution in [1.29, 1.82) is 0 Å². The molecule has 3 aromatic carbocycles. The third-order valence-electron chi connectivity index (χ3n) is 4.77. The maximum absolute atomic E-state index is 13.0. The largest absolute Gasteiger partial charge is 0.465 e. The standard InChI is InChI=1S/C25H23N3O4S/c1-3-28(21-13-5-4-6-14-21)23(30)18-10-8-12-20(16-18)26-25(33)27-22(29)17-9-7-11-19(15-17)24(31)32-2/h4-16H,3H2,1-2H3,(H2,26,27,29,33). The minimum Gasteiger partial charge on any atom is -0.465 e. The Balaban J connectivity index is 1.69. The predicted octanol–water partition coefficient (Wildman–Crippen LogP) is 4.27. The van der Waals surface area contributed by atoms with Gasteiger partial charge in [0.2, 0.25) is 0 Å². The van der Waals surface area contributed by atoms with Gasteiger partial charge in [-0.25, -0.2) is 4.79 Å². The van der Waals surface area contributed by atoms with Gasteiger partial charge in [-0.1, -0.05) is 30.3 Å². The number of esters is 1. The molecule has 0 spiro atoms. The highest BCUT2D eigenvalue weighted by Gasteiger charge is 2.17. The quantitative estimate of drug-likeness (QED) is 0.421. The van der Waals surface area contributed by atoms with Gasteiger partial charge in [-0.3, -0.25) is 14.9 Å². The highest BCUT2D eigenvalue weighted by Crippen LogP contribution is 2.19. The number of nitrogens with one attached hydrogen (secondary N) is 2. The van der Waals surface area contributed by atoms with E-state index >= 15 is 0 Å². The van der Waals surface area contributed by atoms with E-state index in [0.29, 0.717) is 17.8 Å². The summed E-state index contributed by atoms with van der Waals surface area (Å²) in [6, 6.07) is 22.4. The normalized spacial score (nSPS) is 10.1. The number of thiocarbonyl (C=S) groups is 1. The number of hydrogen-bond acceptors (Lipinski definition) is 5. The molecule has 0 saturated carbocycles. The van der Waals surface area contributed by atoms with Gasteiger partial charge in [-0.2, -0.15) is 0 Å². The first-order chi connectivity index (χ1) is 15.9. The number of nitrogens with zero attached hydrogens (tertiary/aromatic N) is 1. The number of methoxy groups -OCH3 is 1. The van der Waals surface area contributed by atoms with Crippen molar-refractivity contribution in [3.63, 3.8) is 0 Å². The van der Waals surface area contributed by atoms with Crippen molar-refractivity contribution >= 4 is 46.5 Å². The molecule has 33 heavy (non-hydrogen) atoms. The number of hydrogen-bond donors (Lipinski definition) is 2. The minimum atomic E-state index is -0.538. The van der Waals surface area contributed by atoms with Crippen molar-refractivity contribution in [2.75, 3.05) is 23.9 Å². The van der Waals surface area contributed by atoms with Crippen LogP contribution in [0.5, 0.6) is 0 Å². The Morgan fingerprint density at radius 2 is 1.55 bits per heavy atom. The van der Waals surface area contributed by atoms with Crippen molar-refractivity contribution in [3.05, 3.63) is 95.6 Å². The molecular formula is C25H23N3O4S. The topological polar surface area (TPSA) is 87.7 Å². The Kier molecular flexibility index (Phi) is 7.88. The van der Waals surface area contributed by atoms with E-state index in [0.717, 1.165) is 5.69 Å². The van der Waals surface area contributed by atoms with E-state index in [1.807, 2.05) is 37.3 Å². The number of benzene rings is 3. The summed E-state index contributed by atoms with van der Waals surface area (Å²) in [5, 5.41) is 5.55. The van der Waals surface area contributed by atoms with Crippen molar-refractivity contribution in [2.24, 2.45) is 0 Å². The number of carbonyl (C=O) groups excluding carboxylic acids is 3. The molecule has 0 aromatic heterocycles. The summed E-state index contributed by atoms with van der Waals surface area (Å²) in [7, 11) is 1.27. The molecule has 2 amide bonds. The summed E-state index contributed by atoms with van der Waals surface area (Å²) < 4.78 is 4.67. The molecule has 8 heteroatoms. The zero-order valence-corrected chi connectivity index (χ0v) is 19.0. The van der Waals surface area contributed by atoms with Crippen LogP contribution in [-0.4, -0.2) is 36.6 Å². The van der Waals surface area contributed by atoms with Gasteiger partial charge in [-0.05, 0) is 67.7 Å². The molecule has 168 valence electrons. The first-order valence-corrected chi connectivity index (χ1v) is 10.6. The summed E-state index contributed by atoms with van der Waals surface area (Å²) in [6.45, 7) is 2.42. The molecule has 0 aliphatic heterocycles. The summed E-state index contributed by atoms with van der Waals surface area (Å²) in [5.41, 5.74) is 2.35. The van der Waals surface area contributed by atoms with Gasteiger partial charge >= 0.3 is 5.97 Å². The summed E-state index contributed by atoms with van der Waals surface area (Å²) in [4.78, 5) is 38.9. The molecule has 3 aromatic rings. The first-order valence-electron chi connectivity index (χ1n) is 10.2. The SMILES string of the molecule is CCN(C(=O)c1cccc(NC(=S)NC(=O)c2cccc(C(=O)OC)c2)c1)c1ccccc1. The monoisotopic (exact) mass is 461 g/mol. The van der Waals surface area contributed by atoms with Gasteiger partial charge in [-0.15, -0.1) is 0 Å². The van der Waals surface area contributed by atoms with E-state index in [2.05, 4.69) is 15.4 Å². The molecule has 0 heterocycles. The summed E-state index contributed by atoms with van der Waals surface area (Å²) in [5.74, 6) is -1.17. The average Bonchev–Trinajstić information content (AvgIpc) is 2.84. The Morgan fingerprint density at radius 1 is 0.879 bits per heavy atom. The third kappa shape index (κ3) is 6.02. The molecule has 3 rings (SSSR count). The number of ether oxygens (including phenoxy) is 1. The van der Waals surface area contributed by atoms with Crippen molar-refractivity contribution in [1.82, 2.24) is 5.32 Å². The van der Waals surface area contributed by atoms with Crippen molar-refractivity contribution in [3.8, 4) is 0 Å². The molecule has 7 nitrogen and oxygen atoms in total. The lowest BCUT2D eigenvalue weighted by Gasteiger charge is -2.21. The highest BCUT2D eigenvalue weighted by molar-refractivity contribution is 7.80. The minimum absolute atomic E-state index is 0.0588. The van der Waals surface area contributed by atoms with Gasteiger partial charge in [0.05, 0.1) is 12.7 Å². The number of rotatable bonds is 6. The van der Waals surface area contributed by atoms with E-state index in [1.165, 1.54) is 13.2 Å². The first kappa shape index (κ1) is 23.6. The second kappa shape index (κ2) is 11.0. The van der Waals surface area contributed by atoms with E-state index in [9.17, 15) is 14.4 Å². The van der Waals surface area contributed by atoms with Gasteiger partial charge in [0.25, 0.3) is 11.8 Å². The molecule has 2 N–H and O–H groups in total. The summed E-state index contributed by atoms with van der Waals surface area (Å²) >= 11 is 5.25. The average molecular weight is 462 g/mol. The Hall–Kier alpha value is -4.04. The molecule has 0 atom stereocenters. The van der Waals surface area contributed by atoms with Gasteiger partial charge in [0.1, 0.15) is 0 Å². The molecule has 0 radical (unpaired) electrons. The fourth-order valence-corrected chi connectivity index (χ4v) is 3.39. The van der Waals surface area contributed by atoms with E-state index in [1.54, 1.807) is 47.4 Å². The lowest BCUT2D eigenvalue weighted by molar-refractivity contribution is 0.0600. The predicted molar refractivity (Wildman–Crippen MR) is 132 cm³/mol. The number of anilines is 2. The fraction of sp³-hybridized carbons (Fsp3) is 0.120. The molecule has 0 bridgehead atoms. The second-order valence-corrected chi connectivity index (χ2v) is 7.35. The van der Waals surface area contributed by atoms with Crippen LogP contribution in [0.3, 0.4) is 0 Å². The lowest BCUT2D eigenvalue weighted by Crippen LogP contribution is -2.34. The van der Waals surface area contributed by atoms with Crippen LogP contribution in [0.2, 0.25) is 0 Å². The zero-order valence-electron chi connectivity index (χ0n) is 18.2. The van der Waals surface area contributed by atoms with Crippen LogP contribution < -0.4 is 15.5 Å². The molecule has 0 aliphatic rings. The number of para-hydroxylation sites is 1. The Morgan fingerprint density at radius 3 is 2.24 bits per heavy atom. The highest BCUT2D eigenvalue weighted by atomic mass is 32.1. The van der Waals surface area contributed by atoms with Crippen LogP contribution in [0, 0.1) is 0 Å². The Bertz CT molecular complexity index is 1180. The van der Waals surface area contributed by atoms with Gasteiger partial charge in [0, 0.05) is 29.0 Å². The molecule has 0 unspecified atom stereocenters. The van der Waals surface area contributed by atoms with E-state index in [-0.39, 0.29) is 22.1 Å². The van der Waals surface area contributed by atoms with E-state index < -0.39 is 11.9 Å². The lowest BCUT2D eigenvalue weighted by atomic mass is 10.1. The van der Waals surface area contributed by atoms with Gasteiger partial charge < -0.3 is 15.0 Å². The van der Waals surface area contributed by atoms with Crippen LogP contribution >= 0.6 is 12.2 Å². The third-order valence-corrected chi connectivity index (χ3v) is 4.97. The maximum Gasteiger partial charge on any atom is 0.337 e. The van der Waals surface area contributed by atoms with Crippen LogP contribution in [0.4, 0.5) is 11.4 Å². The van der Waals surface area contributed by atoms with Crippen molar-refractivity contribution in [2.45, 2.75) is 6.92 Å². The van der Waals surface area contributed by atoms with Crippen molar-refractivity contribution < 1.29 is 19.1 Å². The molecule has 0 aliphatic carbocycles. The summed E-state index contributed by atoms with van der Waals surface area (Å²) in [6.07, 6.45) is 0. The maximum atomic E-state index is 13.0. The molecule has 0 saturated heterocycles. The zero-order chi connectivity index (χ0) is 23.8. The Labute approximate surface area is 197 Å².